The highest BCUT2D eigenvalue weighted by molar-refractivity contribution is 7.96. The maximum atomic E-state index is 2.23. The van der Waals surface area contributed by atoms with Crippen LogP contribution in [0.4, 0.5) is 0 Å². The predicted octanol–water partition coefficient (Wildman–Crippen LogP) is 4.05. The molecule has 0 spiro atoms. The van der Waals surface area contributed by atoms with E-state index in [1.165, 1.54) is 5.70 Å². The Hall–Kier alpha value is -0.370. The maximum Gasteiger partial charge on any atom is 0.0344 e. The SMILES string of the molecule is C/C=C1\N(SC)C=CC1(C)C.CC. The summed E-state index contributed by atoms with van der Waals surface area (Å²) < 4.78 is 2.21. The lowest BCUT2D eigenvalue weighted by atomic mass is 9.91. The van der Waals surface area contributed by atoms with E-state index < -0.39 is 0 Å². The van der Waals surface area contributed by atoms with Crippen molar-refractivity contribution in [2.45, 2.75) is 34.6 Å². The second-order valence-electron chi connectivity index (χ2n) is 3.22. The van der Waals surface area contributed by atoms with Crippen molar-refractivity contribution in [3.8, 4) is 0 Å². The van der Waals surface area contributed by atoms with E-state index in [4.69, 9.17) is 0 Å². The minimum atomic E-state index is 0.220. The normalized spacial score (nSPS) is 21.7. The van der Waals surface area contributed by atoms with Crippen LogP contribution in [0.3, 0.4) is 0 Å². The molecular formula is C11H21NS. The first-order chi connectivity index (χ1) is 6.11. The Bertz CT molecular complexity index is 204. The summed E-state index contributed by atoms with van der Waals surface area (Å²) in [5.41, 5.74) is 1.60. The Balaban J connectivity index is 0.000000671. The fraction of sp³-hybridized carbons (Fsp3) is 0.636. The van der Waals surface area contributed by atoms with Gasteiger partial charge in [0.1, 0.15) is 0 Å². The largest absolute Gasteiger partial charge is 0.296 e. The first-order valence-electron chi connectivity index (χ1n) is 4.81. The van der Waals surface area contributed by atoms with Crippen LogP contribution >= 0.6 is 11.9 Å². The third-order valence-corrected chi connectivity index (χ3v) is 2.71. The molecule has 0 aromatic rings. The van der Waals surface area contributed by atoms with Gasteiger partial charge >= 0.3 is 0 Å². The van der Waals surface area contributed by atoms with Crippen molar-refractivity contribution >= 4 is 11.9 Å². The van der Waals surface area contributed by atoms with E-state index in [0.29, 0.717) is 0 Å². The number of nitrogens with zero attached hydrogens (tertiary/aromatic N) is 1. The van der Waals surface area contributed by atoms with Crippen LogP contribution in [0.15, 0.2) is 24.0 Å². The molecule has 0 fully saturated rings. The highest BCUT2D eigenvalue weighted by Gasteiger charge is 2.28. The number of allylic oxidation sites excluding steroid dienone is 2. The second kappa shape index (κ2) is 5.38. The quantitative estimate of drug-likeness (QED) is 0.586. The van der Waals surface area contributed by atoms with Crippen molar-refractivity contribution in [2.75, 3.05) is 6.26 Å². The van der Waals surface area contributed by atoms with E-state index in [9.17, 15) is 0 Å². The Morgan fingerprint density at radius 1 is 1.38 bits per heavy atom. The van der Waals surface area contributed by atoms with Crippen LogP contribution in [-0.2, 0) is 0 Å². The van der Waals surface area contributed by atoms with Crippen molar-refractivity contribution < 1.29 is 0 Å². The molecule has 1 rings (SSSR count). The van der Waals surface area contributed by atoms with Gasteiger partial charge < -0.3 is 0 Å². The number of rotatable bonds is 1. The first kappa shape index (κ1) is 12.6. The van der Waals surface area contributed by atoms with Gasteiger partial charge in [-0.15, -0.1) is 0 Å². The molecule has 1 aliphatic heterocycles. The van der Waals surface area contributed by atoms with Crippen LogP contribution in [0.25, 0.3) is 0 Å². The summed E-state index contributed by atoms with van der Waals surface area (Å²) in [7, 11) is 0. The average molecular weight is 199 g/mol. The first-order valence-corrected chi connectivity index (χ1v) is 5.99. The summed E-state index contributed by atoms with van der Waals surface area (Å²) in [5.74, 6) is 0. The van der Waals surface area contributed by atoms with Crippen LogP contribution in [0, 0.1) is 5.41 Å². The topological polar surface area (TPSA) is 3.24 Å². The standard InChI is InChI=1S/C9H15NS.C2H6/c1-5-8-9(2,3)6-7-10(8)11-4;1-2/h5-7H,1-4H3;1-2H3/b8-5-;. The molecule has 0 amide bonds. The fourth-order valence-corrected chi connectivity index (χ4v) is 2.08. The van der Waals surface area contributed by atoms with Gasteiger partial charge in [0.2, 0.25) is 0 Å². The fourth-order valence-electron chi connectivity index (χ4n) is 1.36. The predicted molar refractivity (Wildman–Crippen MR) is 63.4 cm³/mol. The minimum Gasteiger partial charge on any atom is -0.296 e. The van der Waals surface area contributed by atoms with E-state index in [1.807, 2.05) is 13.8 Å². The monoisotopic (exact) mass is 199 g/mol. The number of hydrogen-bond acceptors (Lipinski definition) is 2. The van der Waals surface area contributed by atoms with Gasteiger partial charge in [0.05, 0.1) is 0 Å². The van der Waals surface area contributed by atoms with Crippen molar-refractivity contribution in [1.82, 2.24) is 4.31 Å². The Morgan fingerprint density at radius 2 is 1.92 bits per heavy atom. The van der Waals surface area contributed by atoms with Crippen molar-refractivity contribution in [3.63, 3.8) is 0 Å². The van der Waals surface area contributed by atoms with Crippen molar-refractivity contribution in [3.05, 3.63) is 24.0 Å². The van der Waals surface area contributed by atoms with Gasteiger partial charge in [0.15, 0.2) is 0 Å². The van der Waals surface area contributed by atoms with Crippen LogP contribution in [0.5, 0.6) is 0 Å². The summed E-state index contributed by atoms with van der Waals surface area (Å²) in [6, 6.07) is 0. The van der Waals surface area contributed by atoms with Gasteiger partial charge in [-0.05, 0) is 18.9 Å². The van der Waals surface area contributed by atoms with E-state index in [2.05, 4.69) is 49.7 Å². The third kappa shape index (κ3) is 2.80. The van der Waals surface area contributed by atoms with Crippen LogP contribution in [0.2, 0.25) is 0 Å². The second-order valence-corrected chi connectivity index (χ2v) is 3.98. The summed E-state index contributed by atoms with van der Waals surface area (Å²) in [4.78, 5) is 0. The van der Waals surface area contributed by atoms with Crippen LogP contribution < -0.4 is 0 Å². The molecule has 0 saturated carbocycles. The molecule has 0 N–H and O–H groups in total. The van der Waals surface area contributed by atoms with E-state index >= 15 is 0 Å². The van der Waals surface area contributed by atoms with E-state index in [0.717, 1.165) is 0 Å². The lowest BCUT2D eigenvalue weighted by Gasteiger charge is -2.23. The molecular weight excluding hydrogens is 178 g/mol. The molecule has 0 bridgehead atoms. The average Bonchev–Trinajstić information content (AvgIpc) is 2.43. The zero-order valence-electron chi connectivity index (χ0n) is 9.59. The zero-order valence-corrected chi connectivity index (χ0v) is 10.4. The summed E-state index contributed by atoms with van der Waals surface area (Å²) in [5, 5.41) is 0. The molecule has 0 saturated heterocycles. The van der Waals surface area contributed by atoms with Crippen LogP contribution in [-0.4, -0.2) is 10.6 Å². The summed E-state index contributed by atoms with van der Waals surface area (Å²) in [6.07, 6.45) is 8.64. The molecule has 0 atom stereocenters. The lowest BCUT2D eigenvalue weighted by Crippen LogP contribution is -2.14. The lowest BCUT2D eigenvalue weighted by molar-refractivity contribution is 0.533. The smallest absolute Gasteiger partial charge is 0.0344 e. The summed E-state index contributed by atoms with van der Waals surface area (Å²) >= 11 is 1.75. The molecule has 0 aromatic carbocycles. The van der Waals surface area contributed by atoms with Crippen molar-refractivity contribution in [1.29, 1.82) is 0 Å². The molecule has 2 heteroatoms. The van der Waals surface area contributed by atoms with E-state index in [-0.39, 0.29) is 5.41 Å². The van der Waals surface area contributed by atoms with Gasteiger partial charge in [0.25, 0.3) is 0 Å². The molecule has 0 aliphatic carbocycles. The molecule has 0 radical (unpaired) electrons. The highest BCUT2D eigenvalue weighted by Crippen LogP contribution is 2.39. The van der Waals surface area contributed by atoms with Gasteiger partial charge in [-0.3, -0.25) is 4.31 Å². The molecule has 0 aromatic heterocycles. The molecule has 1 nitrogen and oxygen atoms in total. The Kier molecular flexibility index (Phi) is 5.23. The molecule has 1 heterocycles. The highest BCUT2D eigenvalue weighted by atomic mass is 32.2. The zero-order chi connectivity index (χ0) is 10.5. The van der Waals surface area contributed by atoms with E-state index in [1.54, 1.807) is 11.9 Å². The Morgan fingerprint density at radius 3 is 2.23 bits per heavy atom. The molecule has 13 heavy (non-hydrogen) atoms. The van der Waals surface area contributed by atoms with Gasteiger partial charge in [0, 0.05) is 23.6 Å². The van der Waals surface area contributed by atoms with Gasteiger partial charge in [-0.2, -0.15) is 0 Å². The third-order valence-electron chi connectivity index (χ3n) is 1.99. The maximum absolute atomic E-state index is 2.23. The van der Waals surface area contributed by atoms with Crippen molar-refractivity contribution in [2.24, 2.45) is 5.41 Å². The number of hydrogen-bond donors (Lipinski definition) is 0. The van der Waals surface area contributed by atoms with Crippen LogP contribution in [0.1, 0.15) is 34.6 Å². The molecule has 76 valence electrons. The molecule has 0 unspecified atom stereocenters. The Labute approximate surface area is 87.0 Å². The summed E-state index contributed by atoms with van der Waals surface area (Å²) in [6.45, 7) is 10.6. The molecule has 1 aliphatic rings. The minimum absolute atomic E-state index is 0.220. The van der Waals surface area contributed by atoms with Gasteiger partial charge in [-0.1, -0.05) is 39.8 Å². The van der Waals surface area contributed by atoms with Gasteiger partial charge in [-0.25, -0.2) is 0 Å².